The third kappa shape index (κ3) is 9.20. The van der Waals surface area contributed by atoms with Crippen LogP contribution in [0.4, 0.5) is 15.8 Å². The fourth-order valence-corrected chi connectivity index (χ4v) is 6.17. The Balaban J connectivity index is 1.70. The number of anilines is 2. The summed E-state index contributed by atoms with van der Waals surface area (Å²) in [6, 6.07) is 24.2. The van der Waals surface area contributed by atoms with Crippen molar-refractivity contribution in [2.75, 3.05) is 18.4 Å². The maximum absolute atomic E-state index is 15.1. The Morgan fingerprint density at radius 1 is 0.787 bits per heavy atom. The molecule has 0 aliphatic rings. The van der Waals surface area contributed by atoms with Crippen LogP contribution in [-0.4, -0.2) is 23.9 Å². The monoisotopic (exact) mass is 630 g/mol. The number of carbonyl (C=O) groups is 1. The standard InChI is InChI=1S/C41H47FN4O/c1-4-7-10-12-22-46(23-13-11-8-5-2)41(47)31-18-20-36(21-19-31)45-38-27-35(42)26-33-25-34(28-43)37(29-44)39(40(33)38)32-17-14-16-30(24-32)15-9-6-3/h14,16-21,24-27,45H,4-13,15,22-23H2,1-3H3. The number of hydrogen-bond donors (Lipinski definition) is 1. The van der Waals surface area contributed by atoms with Crippen LogP contribution in [0, 0.1) is 28.5 Å². The van der Waals surface area contributed by atoms with Crippen LogP contribution in [0.3, 0.4) is 0 Å². The first-order chi connectivity index (χ1) is 22.9. The van der Waals surface area contributed by atoms with Crippen molar-refractivity contribution in [3.05, 3.63) is 94.8 Å². The van der Waals surface area contributed by atoms with E-state index in [1.54, 1.807) is 6.07 Å². The highest BCUT2D eigenvalue weighted by atomic mass is 19.1. The number of halogens is 1. The van der Waals surface area contributed by atoms with Crippen molar-refractivity contribution in [2.45, 2.75) is 91.4 Å². The van der Waals surface area contributed by atoms with Crippen molar-refractivity contribution in [1.29, 1.82) is 10.5 Å². The van der Waals surface area contributed by atoms with Gasteiger partial charge in [-0.05, 0) is 84.7 Å². The number of nitriles is 2. The highest BCUT2D eigenvalue weighted by molar-refractivity contribution is 6.09. The van der Waals surface area contributed by atoms with E-state index >= 15 is 4.39 Å². The molecule has 5 nitrogen and oxygen atoms in total. The van der Waals surface area contributed by atoms with Crippen molar-refractivity contribution < 1.29 is 9.18 Å². The van der Waals surface area contributed by atoms with Gasteiger partial charge in [0.05, 0.1) is 11.1 Å². The Kier molecular flexibility index (Phi) is 13.4. The lowest BCUT2D eigenvalue weighted by molar-refractivity contribution is 0.0749. The number of rotatable bonds is 17. The summed E-state index contributed by atoms with van der Waals surface area (Å²) < 4.78 is 15.1. The molecule has 0 atom stereocenters. The van der Waals surface area contributed by atoms with Crippen LogP contribution in [0.25, 0.3) is 21.9 Å². The summed E-state index contributed by atoms with van der Waals surface area (Å²) in [6.45, 7) is 8.04. The van der Waals surface area contributed by atoms with Crippen molar-refractivity contribution in [2.24, 2.45) is 0 Å². The zero-order chi connectivity index (χ0) is 33.6. The smallest absolute Gasteiger partial charge is 0.253 e. The van der Waals surface area contributed by atoms with Gasteiger partial charge in [0.25, 0.3) is 5.91 Å². The van der Waals surface area contributed by atoms with Gasteiger partial charge in [-0.1, -0.05) is 90.0 Å². The van der Waals surface area contributed by atoms with E-state index in [-0.39, 0.29) is 17.0 Å². The molecule has 0 bridgehead atoms. The molecule has 4 aromatic rings. The number of benzene rings is 4. The van der Waals surface area contributed by atoms with Gasteiger partial charge in [0.1, 0.15) is 18.0 Å². The molecule has 0 aromatic heterocycles. The van der Waals surface area contributed by atoms with Gasteiger partial charge in [-0.15, -0.1) is 0 Å². The first-order valence-corrected chi connectivity index (χ1v) is 17.3. The first kappa shape index (κ1) is 35.2. The molecule has 0 heterocycles. The van der Waals surface area contributed by atoms with Crippen molar-refractivity contribution in [3.63, 3.8) is 0 Å². The summed E-state index contributed by atoms with van der Waals surface area (Å²) >= 11 is 0. The summed E-state index contributed by atoms with van der Waals surface area (Å²) in [7, 11) is 0. The second kappa shape index (κ2) is 17.9. The van der Waals surface area contributed by atoms with Gasteiger partial charge >= 0.3 is 0 Å². The Labute approximate surface area is 280 Å². The van der Waals surface area contributed by atoms with Crippen LogP contribution < -0.4 is 5.32 Å². The van der Waals surface area contributed by atoms with Crippen molar-refractivity contribution in [1.82, 2.24) is 4.90 Å². The molecule has 47 heavy (non-hydrogen) atoms. The lowest BCUT2D eigenvalue weighted by Gasteiger charge is -2.23. The summed E-state index contributed by atoms with van der Waals surface area (Å²) in [5.41, 5.74) is 4.84. The Hall–Kier alpha value is -4.68. The van der Waals surface area contributed by atoms with Crippen LogP contribution in [0.15, 0.2) is 66.7 Å². The van der Waals surface area contributed by atoms with Gasteiger partial charge in [0, 0.05) is 41.0 Å². The summed E-state index contributed by atoms with van der Waals surface area (Å²) in [4.78, 5) is 15.6. The molecule has 0 radical (unpaired) electrons. The van der Waals surface area contributed by atoms with Crippen LogP contribution in [0.5, 0.6) is 0 Å². The molecule has 4 rings (SSSR count). The third-order valence-corrected chi connectivity index (χ3v) is 8.73. The highest BCUT2D eigenvalue weighted by Gasteiger charge is 2.20. The predicted octanol–water partition coefficient (Wildman–Crippen LogP) is 11.1. The average molecular weight is 631 g/mol. The summed E-state index contributed by atoms with van der Waals surface area (Å²) in [6.07, 6.45) is 11.9. The molecule has 0 saturated heterocycles. The number of nitrogens with one attached hydrogen (secondary N) is 1. The first-order valence-electron chi connectivity index (χ1n) is 17.3. The number of hydrogen-bond acceptors (Lipinski definition) is 4. The lowest BCUT2D eigenvalue weighted by Crippen LogP contribution is -2.33. The zero-order valence-electron chi connectivity index (χ0n) is 28.2. The van der Waals surface area contributed by atoms with E-state index in [0.29, 0.717) is 33.3 Å². The van der Waals surface area contributed by atoms with Crippen LogP contribution in [-0.2, 0) is 6.42 Å². The van der Waals surface area contributed by atoms with Gasteiger partial charge in [-0.2, -0.15) is 10.5 Å². The van der Waals surface area contributed by atoms with Gasteiger partial charge in [-0.3, -0.25) is 4.79 Å². The quantitative estimate of drug-likeness (QED) is 0.118. The molecule has 0 aliphatic heterocycles. The van der Waals surface area contributed by atoms with E-state index in [1.807, 2.05) is 41.3 Å². The molecule has 4 aromatic carbocycles. The predicted molar refractivity (Wildman–Crippen MR) is 191 cm³/mol. The van der Waals surface area contributed by atoms with E-state index in [1.165, 1.54) is 25.0 Å². The molecule has 0 unspecified atom stereocenters. The fraction of sp³-hybridized carbons (Fsp3) is 0.390. The van der Waals surface area contributed by atoms with Crippen LogP contribution >= 0.6 is 0 Å². The summed E-state index contributed by atoms with van der Waals surface area (Å²) in [5.74, 6) is -0.418. The number of carbonyl (C=O) groups excluding carboxylic acids is 1. The van der Waals surface area contributed by atoms with Crippen LogP contribution in [0.2, 0.25) is 0 Å². The van der Waals surface area contributed by atoms with Gasteiger partial charge in [0.15, 0.2) is 0 Å². The zero-order valence-corrected chi connectivity index (χ0v) is 28.2. The fourth-order valence-electron chi connectivity index (χ4n) is 6.17. The second-order valence-corrected chi connectivity index (χ2v) is 12.4. The molecule has 0 spiro atoms. The SMILES string of the molecule is CCCCCCN(CCCCCC)C(=O)c1ccc(Nc2cc(F)cc3cc(C#N)c(C#N)c(-c4cccc(CCCC)c4)c23)cc1. The lowest BCUT2D eigenvalue weighted by atomic mass is 9.88. The number of nitrogens with zero attached hydrogens (tertiary/aromatic N) is 3. The number of unbranched alkanes of at least 4 members (excludes halogenated alkanes) is 7. The van der Waals surface area contributed by atoms with E-state index in [2.05, 4.69) is 50.4 Å². The van der Waals surface area contributed by atoms with E-state index in [0.717, 1.165) is 82.0 Å². The number of amides is 1. The maximum Gasteiger partial charge on any atom is 0.253 e. The molecule has 1 N–H and O–H groups in total. The number of fused-ring (bicyclic) bond motifs is 1. The van der Waals surface area contributed by atoms with Crippen molar-refractivity contribution >= 4 is 28.1 Å². The molecular weight excluding hydrogens is 583 g/mol. The van der Waals surface area contributed by atoms with Crippen LogP contribution in [0.1, 0.15) is 112 Å². The van der Waals surface area contributed by atoms with E-state index in [4.69, 9.17) is 0 Å². The minimum absolute atomic E-state index is 0.0358. The minimum Gasteiger partial charge on any atom is -0.355 e. The number of aryl methyl sites for hydroxylation is 1. The molecule has 0 aliphatic carbocycles. The van der Waals surface area contributed by atoms with E-state index in [9.17, 15) is 15.3 Å². The summed E-state index contributed by atoms with van der Waals surface area (Å²) in [5, 5.41) is 24.8. The topological polar surface area (TPSA) is 79.9 Å². The maximum atomic E-state index is 15.1. The highest BCUT2D eigenvalue weighted by Crippen LogP contribution is 2.40. The Bertz CT molecular complexity index is 1720. The normalized spacial score (nSPS) is 10.9. The molecule has 244 valence electrons. The van der Waals surface area contributed by atoms with Crippen molar-refractivity contribution in [3.8, 4) is 23.3 Å². The molecular formula is C41H47FN4O. The van der Waals surface area contributed by atoms with Gasteiger partial charge in [-0.25, -0.2) is 4.39 Å². The molecule has 0 fully saturated rings. The molecule has 6 heteroatoms. The largest absolute Gasteiger partial charge is 0.355 e. The van der Waals surface area contributed by atoms with Gasteiger partial charge < -0.3 is 10.2 Å². The average Bonchev–Trinajstić information content (AvgIpc) is 3.09. The molecule has 0 saturated carbocycles. The van der Waals surface area contributed by atoms with E-state index < -0.39 is 5.82 Å². The molecule has 1 amide bonds. The minimum atomic E-state index is -0.454. The Morgan fingerprint density at radius 2 is 1.47 bits per heavy atom. The third-order valence-electron chi connectivity index (χ3n) is 8.73. The Morgan fingerprint density at radius 3 is 2.09 bits per heavy atom. The van der Waals surface area contributed by atoms with Gasteiger partial charge in [0.2, 0.25) is 0 Å². The second-order valence-electron chi connectivity index (χ2n) is 12.4.